The lowest BCUT2D eigenvalue weighted by atomic mass is 10.1. The van der Waals surface area contributed by atoms with Gasteiger partial charge in [0.15, 0.2) is 5.78 Å². The van der Waals surface area contributed by atoms with E-state index in [0.29, 0.717) is 19.1 Å². The van der Waals surface area contributed by atoms with Gasteiger partial charge in [-0.1, -0.05) is 29.8 Å². The molecule has 0 unspecified atom stereocenters. The minimum absolute atomic E-state index is 0.123. The first kappa shape index (κ1) is 12.3. The van der Waals surface area contributed by atoms with Crippen molar-refractivity contribution in [2.24, 2.45) is 0 Å². The van der Waals surface area contributed by atoms with Crippen LogP contribution in [0.3, 0.4) is 0 Å². The highest BCUT2D eigenvalue weighted by atomic mass is 16.3. The molecular weight excluding hydrogens is 214 g/mol. The van der Waals surface area contributed by atoms with Gasteiger partial charge < -0.3 is 5.11 Å². The Morgan fingerprint density at radius 2 is 2.00 bits per heavy atom. The summed E-state index contributed by atoms with van der Waals surface area (Å²) in [6, 6.07) is 8.18. The van der Waals surface area contributed by atoms with E-state index >= 15 is 0 Å². The fourth-order valence-corrected chi connectivity index (χ4v) is 1.97. The number of ketones is 1. The zero-order chi connectivity index (χ0) is 12.3. The van der Waals surface area contributed by atoms with Crippen LogP contribution in [0.5, 0.6) is 0 Å². The summed E-state index contributed by atoms with van der Waals surface area (Å²) in [7, 11) is 0. The van der Waals surface area contributed by atoms with E-state index in [2.05, 4.69) is 4.90 Å². The van der Waals surface area contributed by atoms with E-state index in [1.165, 1.54) is 0 Å². The third kappa shape index (κ3) is 3.38. The Labute approximate surface area is 102 Å². The van der Waals surface area contributed by atoms with E-state index < -0.39 is 0 Å². The van der Waals surface area contributed by atoms with Gasteiger partial charge in [0.25, 0.3) is 0 Å². The summed E-state index contributed by atoms with van der Waals surface area (Å²) in [4.78, 5) is 14.1. The Hall–Kier alpha value is -1.19. The molecule has 0 heterocycles. The molecule has 92 valence electrons. The molecule has 1 fully saturated rings. The number of aliphatic hydroxyl groups excluding tert-OH is 1. The Kier molecular flexibility index (Phi) is 3.92. The molecule has 0 bridgehead atoms. The fourth-order valence-electron chi connectivity index (χ4n) is 1.97. The van der Waals surface area contributed by atoms with Crippen molar-refractivity contribution < 1.29 is 9.90 Å². The molecule has 0 aromatic heterocycles. The average molecular weight is 233 g/mol. The molecule has 0 amide bonds. The molecule has 0 atom stereocenters. The number of nitrogens with zero attached hydrogens (tertiary/aromatic N) is 1. The van der Waals surface area contributed by atoms with Crippen LogP contribution in [0.15, 0.2) is 24.3 Å². The predicted octanol–water partition coefficient (Wildman–Crippen LogP) is 1.63. The van der Waals surface area contributed by atoms with Crippen LogP contribution in [0, 0.1) is 6.92 Å². The summed E-state index contributed by atoms with van der Waals surface area (Å²) in [6.45, 7) is 3.16. The lowest BCUT2D eigenvalue weighted by molar-refractivity contribution is 0.0907. The van der Waals surface area contributed by atoms with E-state index in [1.807, 2.05) is 31.2 Å². The molecule has 3 nitrogen and oxygen atoms in total. The summed E-state index contributed by atoms with van der Waals surface area (Å²) in [5, 5.41) is 8.98. The van der Waals surface area contributed by atoms with Gasteiger partial charge in [-0.2, -0.15) is 0 Å². The van der Waals surface area contributed by atoms with E-state index in [0.717, 1.165) is 24.0 Å². The monoisotopic (exact) mass is 233 g/mol. The molecular formula is C14H19NO2. The zero-order valence-electron chi connectivity index (χ0n) is 10.2. The molecule has 0 saturated heterocycles. The van der Waals surface area contributed by atoms with Gasteiger partial charge in [0.1, 0.15) is 0 Å². The second kappa shape index (κ2) is 5.43. The van der Waals surface area contributed by atoms with Crippen molar-refractivity contribution in [2.45, 2.75) is 25.8 Å². The lowest BCUT2D eigenvalue weighted by Gasteiger charge is -2.19. The molecule has 1 N–H and O–H groups in total. The summed E-state index contributed by atoms with van der Waals surface area (Å²) < 4.78 is 0. The fraction of sp³-hybridized carbons (Fsp3) is 0.500. The number of hydrogen-bond acceptors (Lipinski definition) is 3. The minimum atomic E-state index is 0.123. The minimum Gasteiger partial charge on any atom is -0.395 e. The van der Waals surface area contributed by atoms with Crippen LogP contribution >= 0.6 is 0 Å². The van der Waals surface area contributed by atoms with Gasteiger partial charge in [0, 0.05) is 18.2 Å². The highest BCUT2D eigenvalue weighted by Gasteiger charge is 2.29. The van der Waals surface area contributed by atoms with Gasteiger partial charge in [0.2, 0.25) is 0 Å². The van der Waals surface area contributed by atoms with Crippen molar-refractivity contribution in [1.29, 1.82) is 0 Å². The number of hydrogen-bond donors (Lipinski definition) is 1. The molecule has 0 spiro atoms. The molecule has 1 aromatic rings. The molecule has 1 aliphatic carbocycles. The number of carbonyl (C=O) groups excluding carboxylic acids is 1. The summed E-state index contributed by atoms with van der Waals surface area (Å²) in [5.41, 5.74) is 1.93. The molecule has 1 saturated carbocycles. The van der Waals surface area contributed by atoms with E-state index in [9.17, 15) is 4.79 Å². The van der Waals surface area contributed by atoms with Crippen molar-refractivity contribution in [3.05, 3.63) is 35.4 Å². The summed E-state index contributed by atoms with van der Waals surface area (Å²) in [6.07, 6.45) is 2.31. The number of aliphatic hydroxyl groups is 1. The van der Waals surface area contributed by atoms with Crippen molar-refractivity contribution in [2.75, 3.05) is 19.7 Å². The molecule has 2 rings (SSSR count). The van der Waals surface area contributed by atoms with Gasteiger partial charge in [-0.15, -0.1) is 0 Å². The maximum atomic E-state index is 12.1. The van der Waals surface area contributed by atoms with Crippen molar-refractivity contribution >= 4 is 5.78 Å². The van der Waals surface area contributed by atoms with Crippen LogP contribution < -0.4 is 0 Å². The molecule has 1 aliphatic rings. The SMILES string of the molecule is Cc1ccc(C(=O)CN(CCO)C2CC2)cc1. The van der Waals surface area contributed by atoms with Crippen LogP contribution in [0.25, 0.3) is 0 Å². The number of benzene rings is 1. The highest BCUT2D eigenvalue weighted by molar-refractivity contribution is 5.97. The summed E-state index contributed by atoms with van der Waals surface area (Å²) in [5.74, 6) is 0.144. The number of carbonyl (C=O) groups is 1. The largest absolute Gasteiger partial charge is 0.395 e. The maximum absolute atomic E-state index is 12.1. The number of rotatable bonds is 6. The van der Waals surface area contributed by atoms with E-state index in [-0.39, 0.29) is 12.4 Å². The van der Waals surface area contributed by atoms with Gasteiger partial charge in [-0.25, -0.2) is 0 Å². The van der Waals surface area contributed by atoms with Crippen molar-refractivity contribution in [3.63, 3.8) is 0 Å². The third-order valence-corrected chi connectivity index (χ3v) is 3.17. The van der Waals surface area contributed by atoms with Crippen LogP contribution in [0.4, 0.5) is 0 Å². The standard InChI is InChI=1S/C14H19NO2/c1-11-2-4-12(5-3-11)14(17)10-15(8-9-16)13-6-7-13/h2-5,13,16H,6-10H2,1H3. The highest BCUT2D eigenvalue weighted by Crippen LogP contribution is 2.26. The normalized spacial score (nSPS) is 15.2. The zero-order valence-corrected chi connectivity index (χ0v) is 10.2. The van der Waals surface area contributed by atoms with Crippen LogP contribution in [-0.2, 0) is 0 Å². The topological polar surface area (TPSA) is 40.5 Å². The van der Waals surface area contributed by atoms with E-state index in [4.69, 9.17) is 5.11 Å². The van der Waals surface area contributed by atoms with Crippen LogP contribution in [0.2, 0.25) is 0 Å². The van der Waals surface area contributed by atoms with Gasteiger partial charge in [-0.3, -0.25) is 9.69 Å². The van der Waals surface area contributed by atoms with Gasteiger partial charge >= 0.3 is 0 Å². The Bertz CT molecular complexity index is 382. The van der Waals surface area contributed by atoms with Gasteiger partial charge in [0.05, 0.1) is 13.2 Å². The second-order valence-electron chi connectivity index (χ2n) is 4.71. The first-order chi connectivity index (χ1) is 8.20. The summed E-state index contributed by atoms with van der Waals surface area (Å²) >= 11 is 0. The lowest BCUT2D eigenvalue weighted by Crippen LogP contribution is -2.34. The molecule has 0 radical (unpaired) electrons. The Balaban J connectivity index is 1.97. The Morgan fingerprint density at radius 1 is 1.35 bits per heavy atom. The molecule has 0 aliphatic heterocycles. The second-order valence-corrected chi connectivity index (χ2v) is 4.71. The first-order valence-corrected chi connectivity index (χ1v) is 6.15. The van der Waals surface area contributed by atoms with Crippen LogP contribution in [-0.4, -0.2) is 41.5 Å². The average Bonchev–Trinajstić information content (AvgIpc) is 3.13. The smallest absolute Gasteiger partial charge is 0.176 e. The molecule has 1 aromatic carbocycles. The van der Waals surface area contributed by atoms with E-state index in [1.54, 1.807) is 0 Å². The molecule has 3 heteroatoms. The third-order valence-electron chi connectivity index (χ3n) is 3.17. The van der Waals surface area contributed by atoms with Crippen LogP contribution in [0.1, 0.15) is 28.8 Å². The number of aryl methyl sites for hydroxylation is 1. The van der Waals surface area contributed by atoms with Gasteiger partial charge in [-0.05, 0) is 19.8 Å². The first-order valence-electron chi connectivity index (χ1n) is 6.15. The Morgan fingerprint density at radius 3 is 2.53 bits per heavy atom. The predicted molar refractivity (Wildman–Crippen MR) is 67.2 cm³/mol. The maximum Gasteiger partial charge on any atom is 0.176 e. The molecule has 17 heavy (non-hydrogen) atoms. The number of Topliss-reactive ketones (excluding diaryl/α,β-unsaturated/α-hetero) is 1. The van der Waals surface area contributed by atoms with Crippen molar-refractivity contribution in [3.8, 4) is 0 Å². The van der Waals surface area contributed by atoms with Crippen molar-refractivity contribution in [1.82, 2.24) is 4.90 Å². The quantitative estimate of drug-likeness (QED) is 0.759.